The largest absolute Gasteiger partial charge is 0.483 e. The molecule has 3 aromatic rings. The molecule has 0 saturated carbocycles. The number of pyridine rings is 1. The number of benzene rings is 1. The number of aryl methyl sites for hydroxylation is 2. The molecule has 0 radical (unpaired) electrons. The monoisotopic (exact) mass is 465 g/mol. The molecular formula is C20H21Cl2N5O2S. The van der Waals surface area contributed by atoms with Crippen LogP contribution in [0.15, 0.2) is 35.6 Å². The Morgan fingerprint density at radius 1 is 1.27 bits per heavy atom. The first kappa shape index (κ1) is 22.4. The second-order valence-corrected chi connectivity index (χ2v) is 8.39. The van der Waals surface area contributed by atoms with Crippen molar-refractivity contribution in [1.29, 1.82) is 0 Å². The summed E-state index contributed by atoms with van der Waals surface area (Å²) in [4.78, 5) is 16.1. The van der Waals surface area contributed by atoms with Crippen LogP contribution in [0.5, 0.6) is 5.75 Å². The molecule has 3 rings (SSSR count). The predicted molar refractivity (Wildman–Crippen MR) is 120 cm³/mol. The highest BCUT2D eigenvalue weighted by molar-refractivity contribution is 7.99. The van der Waals surface area contributed by atoms with E-state index in [1.165, 1.54) is 11.8 Å². The van der Waals surface area contributed by atoms with Gasteiger partial charge in [0.05, 0.1) is 11.4 Å². The van der Waals surface area contributed by atoms with Crippen molar-refractivity contribution in [2.24, 2.45) is 7.05 Å². The minimum absolute atomic E-state index is 0.155. The van der Waals surface area contributed by atoms with Gasteiger partial charge in [0, 0.05) is 18.3 Å². The van der Waals surface area contributed by atoms with E-state index in [2.05, 4.69) is 20.5 Å². The first-order chi connectivity index (χ1) is 14.3. The van der Waals surface area contributed by atoms with E-state index in [1.54, 1.807) is 18.3 Å². The van der Waals surface area contributed by atoms with Crippen molar-refractivity contribution in [2.75, 3.05) is 11.1 Å². The van der Waals surface area contributed by atoms with Gasteiger partial charge in [-0.2, -0.15) is 0 Å². The molecule has 0 aliphatic heterocycles. The minimum Gasteiger partial charge on any atom is -0.483 e. The standard InChI is InChI=1S/C20H21Cl2N5O2S/c1-11-8-14(9-12(2)17(11)21)29-13(3)19-25-26-20(27(19)4)30-10-16(28)24-15-6-5-7-23-18(15)22/h5-9,13H,10H2,1-4H3,(H,24,28). The van der Waals surface area contributed by atoms with Crippen LogP contribution < -0.4 is 10.1 Å². The number of halogens is 2. The molecule has 2 heterocycles. The van der Waals surface area contributed by atoms with Gasteiger partial charge in [0.2, 0.25) is 5.91 Å². The SMILES string of the molecule is Cc1cc(OC(C)c2nnc(SCC(=O)Nc3cccnc3Cl)n2C)cc(C)c1Cl. The smallest absolute Gasteiger partial charge is 0.234 e. The summed E-state index contributed by atoms with van der Waals surface area (Å²) in [6.07, 6.45) is 1.23. The van der Waals surface area contributed by atoms with Gasteiger partial charge in [0.1, 0.15) is 5.75 Å². The molecule has 30 heavy (non-hydrogen) atoms. The highest BCUT2D eigenvalue weighted by Crippen LogP contribution is 2.29. The maximum Gasteiger partial charge on any atom is 0.234 e. The summed E-state index contributed by atoms with van der Waals surface area (Å²) in [5.41, 5.74) is 2.37. The van der Waals surface area contributed by atoms with E-state index in [9.17, 15) is 4.79 Å². The van der Waals surface area contributed by atoms with E-state index in [4.69, 9.17) is 27.9 Å². The molecule has 0 bridgehead atoms. The number of anilines is 1. The zero-order chi connectivity index (χ0) is 21.8. The van der Waals surface area contributed by atoms with Crippen LogP contribution >= 0.6 is 35.0 Å². The molecule has 0 fully saturated rings. The van der Waals surface area contributed by atoms with Crippen LogP contribution in [0, 0.1) is 13.8 Å². The number of aromatic nitrogens is 4. The second-order valence-electron chi connectivity index (χ2n) is 6.71. The van der Waals surface area contributed by atoms with Crippen LogP contribution in [0.1, 0.15) is 30.0 Å². The molecule has 1 atom stereocenters. The van der Waals surface area contributed by atoms with Gasteiger partial charge in [-0.3, -0.25) is 4.79 Å². The molecule has 1 unspecified atom stereocenters. The molecular weight excluding hydrogens is 445 g/mol. The lowest BCUT2D eigenvalue weighted by Crippen LogP contribution is -2.15. The maximum absolute atomic E-state index is 12.2. The fourth-order valence-electron chi connectivity index (χ4n) is 2.83. The first-order valence-corrected chi connectivity index (χ1v) is 10.9. The lowest BCUT2D eigenvalue weighted by atomic mass is 10.1. The van der Waals surface area contributed by atoms with Crippen LogP contribution in [0.25, 0.3) is 0 Å². The van der Waals surface area contributed by atoms with E-state index < -0.39 is 0 Å². The Morgan fingerprint density at radius 3 is 2.63 bits per heavy atom. The quantitative estimate of drug-likeness (QED) is 0.390. The van der Waals surface area contributed by atoms with Crippen molar-refractivity contribution in [3.63, 3.8) is 0 Å². The summed E-state index contributed by atoms with van der Waals surface area (Å²) in [6, 6.07) is 7.18. The zero-order valence-corrected chi connectivity index (χ0v) is 19.3. The zero-order valence-electron chi connectivity index (χ0n) is 16.9. The summed E-state index contributed by atoms with van der Waals surface area (Å²) in [5.74, 6) is 1.31. The topological polar surface area (TPSA) is 81.9 Å². The molecule has 0 saturated heterocycles. The number of hydrogen-bond donors (Lipinski definition) is 1. The average molecular weight is 466 g/mol. The van der Waals surface area contributed by atoms with Crippen LogP contribution in [-0.2, 0) is 11.8 Å². The Hall–Kier alpha value is -2.29. The fourth-order valence-corrected chi connectivity index (χ4v) is 3.83. The Balaban J connectivity index is 1.62. The summed E-state index contributed by atoms with van der Waals surface area (Å²) in [5, 5.41) is 12.7. The lowest BCUT2D eigenvalue weighted by Gasteiger charge is -2.16. The van der Waals surface area contributed by atoms with Crippen molar-refractivity contribution in [1.82, 2.24) is 19.7 Å². The number of hydrogen-bond acceptors (Lipinski definition) is 6. The van der Waals surface area contributed by atoms with Crippen LogP contribution in [0.4, 0.5) is 5.69 Å². The summed E-state index contributed by atoms with van der Waals surface area (Å²) in [7, 11) is 1.84. The third-order valence-corrected chi connectivity index (χ3v) is 6.24. The van der Waals surface area contributed by atoms with Gasteiger partial charge in [0.25, 0.3) is 0 Å². The Labute approximate surface area is 189 Å². The molecule has 158 valence electrons. The van der Waals surface area contributed by atoms with E-state index in [0.29, 0.717) is 22.4 Å². The van der Waals surface area contributed by atoms with Gasteiger partial charge in [-0.25, -0.2) is 4.98 Å². The number of carbonyl (C=O) groups is 1. The van der Waals surface area contributed by atoms with Gasteiger partial charge in [-0.15, -0.1) is 10.2 Å². The van der Waals surface area contributed by atoms with Gasteiger partial charge < -0.3 is 14.6 Å². The van der Waals surface area contributed by atoms with Crippen LogP contribution in [0.2, 0.25) is 10.2 Å². The molecule has 1 aromatic carbocycles. The Bertz CT molecular complexity index is 1050. The van der Waals surface area contributed by atoms with Crippen molar-refractivity contribution in [3.05, 3.63) is 57.6 Å². The molecule has 10 heteroatoms. The van der Waals surface area contributed by atoms with Crippen LogP contribution in [-0.4, -0.2) is 31.4 Å². The normalized spacial score (nSPS) is 11.9. The number of thioether (sulfide) groups is 1. The number of rotatable bonds is 7. The molecule has 7 nitrogen and oxygen atoms in total. The van der Waals surface area contributed by atoms with Crippen molar-refractivity contribution < 1.29 is 9.53 Å². The van der Waals surface area contributed by atoms with E-state index in [-0.39, 0.29) is 22.9 Å². The lowest BCUT2D eigenvalue weighted by molar-refractivity contribution is -0.113. The van der Waals surface area contributed by atoms with Gasteiger partial charge in [-0.05, 0) is 56.2 Å². The van der Waals surface area contributed by atoms with Crippen LogP contribution in [0.3, 0.4) is 0 Å². The van der Waals surface area contributed by atoms with E-state index >= 15 is 0 Å². The molecule has 0 aliphatic carbocycles. The number of amides is 1. The first-order valence-electron chi connectivity index (χ1n) is 9.12. The summed E-state index contributed by atoms with van der Waals surface area (Å²) < 4.78 is 7.85. The molecule has 2 aromatic heterocycles. The Kier molecular flexibility index (Phi) is 7.23. The van der Waals surface area contributed by atoms with Gasteiger partial charge >= 0.3 is 0 Å². The average Bonchev–Trinajstić information content (AvgIpc) is 3.07. The van der Waals surface area contributed by atoms with Gasteiger partial charge in [-0.1, -0.05) is 35.0 Å². The number of carbonyl (C=O) groups excluding carboxylic acids is 1. The Morgan fingerprint density at radius 2 is 1.97 bits per heavy atom. The number of ether oxygens (including phenoxy) is 1. The second kappa shape index (κ2) is 9.68. The molecule has 1 N–H and O–H groups in total. The van der Waals surface area contributed by atoms with E-state index in [1.807, 2.05) is 44.5 Å². The van der Waals surface area contributed by atoms with Gasteiger partial charge in [0.15, 0.2) is 22.2 Å². The molecule has 0 aliphatic rings. The summed E-state index contributed by atoms with van der Waals surface area (Å²) in [6.45, 7) is 5.77. The molecule has 1 amide bonds. The third kappa shape index (κ3) is 5.24. The number of nitrogens with zero attached hydrogens (tertiary/aromatic N) is 4. The van der Waals surface area contributed by atoms with E-state index in [0.717, 1.165) is 16.1 Å². The van der Waals surface area contributed by atoms with Crippen molar-refractivity contribution in [2.45, 2.75) is 32.0 Å². The third-order valence-electron chi connectivity index (χ3n) is 4.32. The minimum atomic E-state index is -0.333. The highest BCUT2D eigenvalue weighted by atomic mass is 35.5. The summed E-state index contributed by atoms with van der Waals surface area (Å²) >= 11 is 13.5. The highest BCUT2D eigenvalue weighted by Gasteiger charge is 2.19. The molecule has 0 spiro atoms. The fraction of sp³-hybridized carbons (Fsp3) is 0.300. The van der Waals surface area contributed by atoms with Crippen molar-refractivity contribution >= 4 is 46.6 Å². The maximum atomic E-state index is 12.2. The number of nitrogens with one attached hydrogen (secondary N) is 1. The predicted octanol–water partition coefficient (Wildman–Crippen LogP) is 5.00. The van der Waals surface area contributed by atoms with Crippen molar-refractivity contribution in [3.8, 4) is 5.75 Å².